The summed E-state index contributed by atoms with van der Waals surface area (Å²) < 4.78 is 11.6. The van der Waals surface area contributed by atoms with Gasteiger partial charge in [-0.15, -0.1) is 0 Å². The maximum Gasteiger partial charge on any atom is 0.260 e. The number of morpholine rings is 1. The predicted molar refractivity (Wildman–Crippen MR) is 105 cm³/mol. The van der Waals surface area contributed by atoms with E-state index in [1.165, 1.54) is 0 Å². The van der Waals surface area contributed by atoms with Crippen LogP contribution in [0.2, 0.25) is 0 Å². The third-order valence-electron chi connectivity index (χ3n) is 6.26. The molecule has 2 atom stereocenters. The van der Waals surface area contributed by atoms with Gasteiger partial charge in [0.05, 0.1) is 30.9 Å². The van der Waals surface area contributed by atoms with E-state index in [1.807, 2.05) is 24.3 Å². The van der Waals surface area contributed by atoms with Gasteiger partial charge in [-0.3, -0.25) is 14.6 Å². The first-order chi connectivity index (χ1) is 13.7. The van der Waals surface area contributed by atoms with E-state index in [9.17, 15) is 9.90 Å². The molecule has 0 bridgehead atoms. The highest BCUT2D eigenvalue weighted by atomic mass is 16.5. The maximum atomic E-state index is 13.3. The largest absolute Gasteiger partial charge is 0.472 e. The molecule has 2 heterocycles. The van der Waals surface area contributed by atoms with Crippen molar-refractivity contribution in [1.82, 2.24) is 9.80 Å². The van der Waals surface area contributed by atoms with Crippen LogP contribution in [0.3, 0.4) is 0 Å². The Morgan fingerprint density at radius 2 is 1.89 bits per heavy atom. The molecule has 6 nitrogen and oxygen atoms in total. The van der Waals surface area contributed by atoms with Gasteiger partial charge in [0.1, 0.15) is 5.75 Å². The number of nitrogens with zero attached hydrogens (tertiary/aromatic N) is 2. The standard InChI is InChI=1S/C22H26N2O4/c25-20-7-3-6-19(20)24-14-28-21-17-5-2-1-4-16(17)15(12-18(21)22(24)26)13-23-8-10-27-11-9-23/h1-2,4-5,12,19-20,25H,3,6-11,13-14H2/t19-,20-/m0/s1. The lowest BCUT2D eigenvalue weighted by Crippen LogP contribution is -2.48. The molecule has 148 valence electrons. The number of carbonyl (C=O) groups excluding carboxylic acids is 1. The molecule has 1 aliphatic carbocycles. The zero-order valence-electron chi connectivity index (χ0n) is 16.0. The van der Waals surface area contributed by atoms with Crippen LogP contribution < -0.4 is 4.74 Å². The van der Waals surface area contributed by atoms with Gasteiger partial charge < -0.3 is 14.6 Å². The Kier molecular flexibility index (Phi) is 4.70. The molecule has 3 aliphatic rings. The summed E-state index contributed by atoms with van der Waals surface area (Å²) in [5.41, 5.74) is 1.76. The highest BCUT2D eigenvalue weighted by Crippen LogP contribution is 2.38. The molecule has 0 aromatic heterocycles. The van der Waals surface area contributed by atoms with Crippen LogP contribution in [0.4, 0.5) is 0 Å². The number of hydrogen-bond donors (Lipinski definition) is 1. The number of hydrogen-bond acceptors (Lipinski definition) is 5. The summed E-state index contributed by atoms with van der Waals surface area (Å²) >= 11 is 0. The summed E-state index contributed by atoms with van der Waals surface area (Å²) in [6, 6.07) is 10.0. The molecule has 1 amide bonds. The van der Waals surface area contributed by atoms with Crippen LogP contribution in [-0.4, -0.2) is 66.0 Å². The van der Waals surface area contributed by atoms with Gasteiger partial charge in [-0.25, -0.2) is 0 Å². The molecular weight excluding hydrogens is 356 g/mol. The van der Waals surface area contributed by atoms with Crippen molar-refractivity contribution in [3.8, 4) is 5.75 Å². The molecule has 0 radical (unpaired) electrons. The van der Waals surface area contributed by atoms with Crippen LogP contribution in [0, 0.1) is 0 Å². The number of carbonyl (C=O) groups is 1. The molecule has 2 aromatic rings. The van der Waals surface area contributed by atoms with Crippen molar-refractivity contribution in [3.05, 3.63) is 41.5 Å². The van der Waals surface area contributed by atoms with Gasteiger partial charge in [0.25, 0.3) is 5.91 Å². The molecule has 2 aliphatic heterocycles. The lowest BCUT2D eigenvalue weighted by molar-refractivity contribution is 0.0131. The SMILES string of the molecule is O=C1c2cc(CN3CCOCC3)c3ccccc3c2OCN1[C@H]1CCC[C@@H]1O. The summed E-state index contributed by atoms with van der Waals surface area (Å²) in [6.07, 6.45) is 2.08. The van der Waals surface area contributed by atoms with E-state index >= 15 is 0 Å². The van der Waals surface area contributed by atoms with Crippen LogP contribution in [0.5, 0.6) is 5.75 Å². The first kappa shape index (κ1) is 17.9. The van der Waals surface area contributed by atoms with Gasteiger partial charge in [-0.1, -0.05) is 24.3 Å². The van der Waals surface area contributed by atoms with Crippen molar-refractivity contribution < 1.29 is 19.4 Å². The Morgan fingerprint density at radius 3 is 2.64 bits per heavy atom. The van der Waals surface area contributed by atoms with E-state index in [0.717, 1.165) is 68.4 Å². The zero-order chi connectivity index (χ0) is 19.1. The number of rotatable bonds is 3. The molecule has 1 saturated carbocycles. The van der Waals surface area contributed by atoms with Crippen LogP contribution in [0.25, 0.3) is 10.8 Å². The molecule has 6 heteroatoms. The monoisotopic (exact) mass is 382 g/mol. The van der Waals surface area contributed by atoms with Crippen molar-refractivity contribution >= 4 is 16.7 Å². The average molecular weight is 382 g/mol. The second kappa shape index (κ2) is 7.35. The van der Waals surface area contributed by atoms with E-state index in [1.54, 1.807) is 4.90 Å². The molecule has 0 spiro atoms. The number of aliphatic hydroxyl groups is 1. The van der Waals surface area contributed by atoms with Crippen LogP contribution >= 0.6 is 0 Å². The topological polar surface area (TPSA) is 62.2 Å². The van der Waals surface area contributed by atoms with Gasteiger partial charge in [0, 0.05) is 25.0 Å². The fourth-order valence-corrected chi connectivity index (χ4v) is 4.75. The summed E-state index contributed by atoms with van der Waals surface area (Å²) in [6.45, 7) is 4.29. The summed E-state index contributed by atoms with van der Waals surface area (Å²) in [4.78, 5) is 17.4. The fraction of sp³-hybridized carbons (Fsp3) is 0.500. The zero-order valence-corrected chi connectivity index (χ0v) is 16.0. The minimum absolute atomic E-state index is 0.0267. The van der Waals surface area contributed by atoms with Gasteiger partial charge in [-0.05, 0) is 36.3 Å². The highest BCUT2D eigenvalue weighted by Gasteiger charge is 2.38. The predicted octanol–water partition coefficient (Wildman–Crippen LogP) is 2.38. The lowest BCUT2D eigenvalue weighted by atomic mass is 9.97. The highest BCUT2D eigenvalue weighted by molar-refractivity contribution is 6.06. The molecule has 5 rings (SSSR count). The summed E-state index contributed by atoms with van der Waals surface area (Å²) in [5, 5.41) is 12.4. The smallest absolute Gasteiger partial charge is 0.260 e. The Labute approximate surface area is 164 Å². The van der Waals surface area contributed by atoms with Crippen molar-refractivity contribution in [2.45, 2.75) is 38.0 Å². The van der Waals surface area contributed by atoms with Crippen molar-refractivity contribution in [3.63, 3.8) is 0 Å². The average Bonchev–Trinajstić information content (AvgIpc) is 3.15. The molecule has 0 unspecified atom stereocenters. The molecular formula is C22H26N2O4. The second-order valence-electron chi connectivity index (χ2n) is 7.96. The number of benzene rings is 2. The Balaban J connectivity index is 1.54. The van der Waals surface area contributed by atoms with Crippen LogP contribution in [0.15, 0.2) is 30.3 Å². The van der Waals surface area contributed by atoms with E-state index < -0.39 is 6.10 Å². The van der Waals surface area contributed by atoms with Crippen LogP contribution in [0.1, 0.15) is 35.2 Å². The summed E-state index contributed by atoms with van der Waals surface area (Å²) in [7, 11) is 0. The third kappa shape index (κ3) is 3.05. The van der Waals surface area contributed by atoms with E-state index in [0.29, 0.717) is 11.3 Å². The molecule has 2 fully saturated rings. The number of aliphatic hydroxyl groups excluding tert-OH is 1. The Morgan fingerprint density at radius 1 is 1.11 bits per heavy atom. The van der Waals surface area contributed by atoms with Gasteiger partial charge in [-0.2, -0.15) is 0 Å². The van der Waals surface area contributed by atoms with Gasteiger partial charge >= 0.3 is 0 Å². The first-order valence-corrected chi connectivity index (χ1v) is 10.2. The second-order valence-corrected chi connectivity index (χ2v) is 7.96. The van der Waals surface area contributed by atoms with E-state index in [-0.39, 0.29) is 18.7 Å². The van der Waals surface area contributed by atoms with Gasteiger partial charge in [0.2, 0.25) is 0 Å². The van der Waals surface area contributed by atoms with Gasteiger partial charge in [0.15, 0.2) is 6.73 Å². The normalized spacial score (nSPS) is 25.8. The van der Waals surface area contributed by atoms with Crippen molar-refractivity contribution in [1.29, 1.82) is 0 Å². The third-order valence-corrected chi connectivity index (χ3v) is 6.26. The molecule has 2 aromatic carbocycles. The quantitative estimate of drug-likeness (QED) is 0.883. The Bertz CT molecular complexity index is 893. The minimum atomic E-state index is -0.456. The lowest BCUT2D eigenvalue weighted by Gasteiger charge is -2.36. The summed E-state index contributed by atoms with van der Waals surface area (Å²) in [5.74, 6) is 0.649. The van der Waals surface area contributed by atoms with E-state index in [2.05, 4.69) is 11.0 Å². The Hall–Kier alpha value is -2.15. The number of amides is 1. The minimum Gasteiger partial charge on any atom is -0.472 e. The van der Waals surface area contributed by atoms with Crippen LogP contribution in [-0.2, 0) is 11.3 Å². The molecule has 28 heavy (non-hydrogen) atoms. The number of fused-ring (bicyclic) bond motifs is 3. The first-order valence-electron chi connectivity index (χ1n) is 10.2. The maximum absolute atomic E-state index is 13.3. The van der Waals surface area contributed by atoms with Crippen molar-refractivity contribution in [2.75, 3.05) is 33.0 Å². The fourth-order valence-electron chi connectivity index (χ4n) is 4.75. The van der Waals surface area contributed by atoms with Crippen molar-refractivity contribution in [2.24, 2.45) is 0 Å². The molecule has 1 saturated heterocycles. The molecule has 1 N–H and O–H groups in total. The number of ether oxygens (including phenoxy) is 2. The van der Waals surface area contributed by atoms with E-state index in [4.69, 9.17) is 9.47 Å².